The van der Waals surface area contributed by atoms with Gasteiger partial charge in [0.15, 0.2) is 0 Å². The van der Waals surface area contributed by atoms with E-state index in [0.717, 1.165) is 39.2 Å². The molecule has 1 N–H and O–H groups in total. The van der Waals surface area contributed by atoms with Crippen LogP contribution in [0, 0.1) is 6.92 Å². The van der Waals surface area contributed by atoms with Gasteiger partial charge < -0.3 is 4.57 Å². The van der Waals surface area contributed by atoms with E-state index in [1.807, 2.05) is 48.5 Å². The summed E-state index contributed by atoms with van der Waals surface area (Å²) in [6, 6.07) is 27.4. The Morgan fingerprint density at radius 3 is 2.31 bits per heavy atom. The number of benzene rings is 3. The molecule has 2 heterocycles. The van der Waals surface area contributed by atoms with E-state index in [0.29, 0.717) is 5.56 Å². The van der Waals surface area contributed by atoms with Crippen LogP contribution in [-0.4, -0.2) is 25.8 Å². The largest absolute Gasteiger partial charge is 0.328 e. The number of amides is 1. The van der Waals surface area contributed by atoms with Gasteiger partial charge in [0.1, 0.15) is 0 Å². The van der Waals surface area contributed by atoms with Crippen molar-refractivity contribution in [3.05, 3.63) is 112 Å². The van der Waals surface area contributed by atoms with Crippen molar-refractivity contribution in [1.29, 1.82) is 0 Å². The second-order valence-corrected chi connectivity index (χ2v) is 8.46. The standard InChI is InChI=1S/C28H25N5O2/c1-19-9-15-24(21-7-5-4-6-8-21)33(19)23-13-11-22(12-14-23)27(34)30-29-18-20-10-16-25-26(17-20)32(3)28(35)31(25)2/h4-18H,1-3H3,(H,30,34)/b29-18+. The molecule has 174 valence electrons. The van der Waals surface area contributed by atoms with Gasteiger partial charge in [-0.1, -0.05) is 36.4 Å². The molecule has 0 aliphatic carbocycles. The Balaban J connectivity index is 1.32. The lowest BCUT2D eigenvalue weighted by atomic mass is 10.1. The van der Waals surface area contributed by atoms with E-state index in [9.17, 15) is 9.59 Å². The Labute approximate surface area is 202 Å². The maximum atomic E-state index is 12.6. The van der Waals surface area contributed by atoms with Gasteiger partial charge in [-0.15, -0.1) is 0 Å². The first-order chi connectivity index (χ1) is 16.9. The Bertz CT molecular complexity index is 1620. The summed E-state index contributed by atoms with van der Waals surface area (Å²) < 4.78 is 5.35. The lowest BCUT2D eigenvalue weighted by Crippen LogP contribution is -2.19. The number of hydrogen-bond acceptors (Lipinski definition) is 3. The molecule has 1 amide bonds. The van der Waals surface area contributed by atoms with Crippen LogP contribution in [0.2, 0.25) is 0 Å². The van der Waals surface area contributed by atoms with E-state index in [1.54, 1.807) is 41.6 Å². The zero-order valence-corrected chi connectivity index (χ0v) is 19.8. The van der Waals surface area contributed by atoms with Crippen LogP contribution < -0.4 is 11.1 Å². The molecule has 0 saturated heterocycles. The minimum Gasteiger partial charge on any atom is -0.314 e. The molecule has 0 fully saturated rings. The van der Waals surface area contributed by atoms with Gasteiger partial charge in [0.25, 0.3) is 5.91 Å². The highest BCUT2D eigenvalue weighted by atomic mass is 16.2. The maximum Gasteiger partial charge on any atom is 0.328 e. The zero-order valence-electron chi connectivity index (χ0n) is 19.8. The van der Waals surface area contributed by atoms with Gasteiger partial charge >= 0.3 is 5.69 Å². The molecule has 7 heteroatoms. The molecule has 0 bridgehead atoms. The Morgan fingerprint density at radius 1 is 0.857 bits per heavy atom. The van der Waals surface area contributed by atoms with Crippen molar-refractivity contribution < 1.29 is 4.79 Å². The summed E-state index contributed by atoms with van der Waals surface area (Å²) in [6.45, 7) is 2.06. The Kier molecular flexibility index (Phi) is 5.66. The quantitative estimate of drug-likeness (QED) is 0.310. The van der Waals surface area contributed by atoms with Crippen LogP contribution >= 0.6 is 0 Å². The average Bonchev–Trinajstić information content (AvgIpc) is 3.37. The normalized spacial score (nSPS) is 11.4. The van der Waals surface area contributed by atoms with E-state index in [-0.39, 0.29) is 11.6 Å². The first-order valence-electron chi connectivity index (χ1n) is 11.3. The fourth-order valence-corrected chi connectivity index (χ4v) is 4.31. The lowest BCUT2D eigenvalue weighted by Gasteiger charge is -2.12. The summed E-state index contributed by atoms with van der Waals surface area (Å²) in [5.41, 5.74) is 9.75. The molecule has 0 radical (unpaired) electrons. The molecule has 2 aromatic heterocycles. The first kappa shape index (κ1) is 22.2. The van der Waals surface area contributed by atoms with E-state index >= 15 is 0 Å². The molecule has 5 rings (SSSR count). The third-order valence-corrected chi connectivity index (χ3v) is 6.21. The second kappa shape index (κ2) is 8.95. The monoisotopic (exact) mass is 463 g/mol. The number of aromatic nitrogens is 3. The number of nitrogens with zero attached hydrogens (tertiary/aromatic N) is 4. The molecule has 35 heavy (non-hydrogen) atoms. The molecular formula is C28H25N5O2. The average molecular weight is 464 g/mol. The van der Waals surface area contributed by atoms with Crippen molar-refractivity contribution in [2.75, 3.05) is 0 Å². The van der Waals surface area contributed by atoms with Gasteiger partial charge in [0.2, 0.25) is 0 Å². The molecule has 3 aromatic carbocycles. The van der Waals surface area contributed by atoms with Crippen molar-refractivity contribution in [2.24, 2.45) is 19.2 Å². The molecular weight excluding hydrogens is 438 g/mol. The molecule has 5 aromatic rings. The fraction of sp³-hybridized carbons (Fsp3) is 0.107. The van der Waals surface area contributed by atoms with Crippen LogP contribution in [0.4, 0.5) is 0 Å². The van der Waals surface area contributed by atoms with Gasteiger partial charge in [0.05, 0.1) is 22.9 Å². The maximum absolute atomic E-state index is 12.6. The molecule has 0 aliphatic rings. The van der Waals surface area contributed by atoms with Crippen LogP contribution in [0.15, 0.2) is 94.8 Å². The third kappa shape index (κ3) is 4.08. The molecule has 0 spiro atoms. The van der Waals surface area contributed by atoms with Gasteiger partial charge in [0, 0.05) is 31.0 Å². The summed E-state index contributed by atoms with van der Waals surface area (Å²) in [7, 11) is 3.47. The van der Waals surface area contributed by atoms with Gasteiger partial charge in [-0.05, 0) is 66.6 Å². The Hall–Kier alpha value is -4.65. The first-order valence-corrected chi connectivity index (χ1v) is 11.3. The number of nitrogens with one attached hydrogen (secondary N) is 1. The van der Waals surface area contributed by atoms with Crippen LogP contribution in [-0.2, 0) is 14.1 Å². The molecule has 0 aliphatic heterocycles. The topological polar surface area (TPSA) is 73.3 Å². The number of hydrogen-bond donors (Lipinski definition) is 1. The second-order valence-electron chi connectivity index (χ2n) is 8.46. The number of carbonyl (C=O) groups excluding carboxylic acids is 1. The van der Waals surface area contributed by atoms with Crippen molar-refractivity contribution in [3.8, 4) is 16.9 Å². The summed E-state index contributed by atoms with van der Waals surface area (Å²) in [5, 5.41) is 4.10. The minimum absolute atomic E-state index is 0.0863. The number of hydrazone groups is 1. The number of aryl methyl sites for hydroxylation is 3. The molecule has 0 atom stereocenters. The van der Waals surface area contributed by atoms with Crippen molar-refractivity contribution in [2.45, 2.75) is 6.92 Å². The number of carbonyl (C=O) groups is 1. The smallest absolute Gasteiger partial charge is 0.314 e. The fourth-order valence-electron chi connectivity index (χ4n) is 4.31. The van der Waals surface area contributed by atoms with E-state index in [4.69, 9.17) is 0 Å². The van der Waals surface area contributed by atoms with E-state index < -0.39 is 0 Å². The van der Waals surface area contributed by atoms with Crippen LogP contribution in [0.5, 0.6) is 0 Å². The molecule has 0 saturated carbocycles. The Morgan fingerprint density at radius 2 is 1.57 bits per heavy atom. The molecule has 0 unspecified atom stereocenters. The van der Waals surface area contributed by atoms with Gasteiger partial charge in [-0.25, -0.2) is 10.2 Å². The highest BCUT2D eigenvalue weighted by Gasteiger charge is 2.11. The zero-order chi connectivity index (χ0) is 24.5. The highest BCUT2D eigenvalue weighted by molar-refractivity contribution is 5.95. The minimum atomic E-state index is -0.298. The van der Waals surface area contributed by atoms with Crippen LogP contribution in [0.3, 0.4) is 0 Å². The highest BCUT2D eigenvalue weighted by Crippen LogP contribution is 2.26. The predicted octanol–water partition coefficient (Wildman–Crippen LogP) is 4.41. The number of imidazole rings is 1. The lowest BCUT2D eigenvalue weighted by molar-refractivity contribution is 0.0955. The van der Waals surface area contributed by atoms with Crippen LogP contribution in [0.25, 0.3) is 28.0 Å². The summed E-state index contributed by atoms with van der Waals surface area (Å²) >= 11 is 0. The molecule has 7 nitrogen and oxygen atoms in total. The summed E-state index contributed by atoms with van der Waals surface area (Å²) in [5.74, 6) is -0.298. The van der Waals surface area contributed by atoms with Crippen molar-refractivity contribution >= 4 is 23.2 Å². The van der Waals surface area contributed by atoms with E-state index in [2.05, 4.69) is 46.3 Å². The van der Waals surface area contributed by atoms with Gasteiger partial charge in [-0.3, -0.25) is 13.9 Å². The van der Waals surface area contributed by atoms with E-state index in [1.165, 1.54) is 0 Å². The van der Waals surface area contributed by atoms with Crippen LogP contribution in [0.1, 0.15) is 21.6 Å². The number of rotatable bonds is 5. The number of fused-ring (bicyclic) bond motifs is 1. The van der Waals surface area contributed by atoms with Crippen molar-refractivity contribution in [1.82, 2.24) is 19.1 Å². The SMILES string of the molecule is Cc1ccc(-c2ccccc2)n1-c1ccc(C(=O)N/N=C/c2ccc3c(c2)n(C)c(=O)n3C)cc1. The van der Waals surface area contributed by atoms with Gasteiger partial charge in [-0.2, -0.15) is 5.10 Å². The third-order valence-electron chi connectivity index (χ3n) is 6.21. The predicted molar refractivity (Wildman–Crippen MR) is 139 cm³/mol. The summed E-state index contributed by atoms with van der Waals surface area (Å²) in [6.07, 6.45) is 1.57. The van der Waals surface area contributed by atoms with Crippen molar-refractivity contribution in [3.63, 3.8) is 0 Å². The summed E-state index contributed by atoms with van der Waals surface area (Å²) in [4.78, 5) is 24.7.